The Kier molecular flexibility index (Phi) is 5.45. The van der Waals surface area contributed by atoms with Gasteiger partial charge in [0.05, 0.1) is 5.56 Å². The number of carbonyl (C=O) groups is 1. The Labute approximate surface area is 107 Å². The Morgan fingerprint density at radius 1 is 1.58 bits per heavy atom. The molecule has 0 atom stereocenters. The predicted molar refractivity (Wildman–Crippen MR) is 47.2 cm³/mol. The first-order valence-electron chi connectivity index (χ1n) is 2.79. The van der Waals surface area contributed by atoms with Crippen LogP contribution < -0.4 is 29.6 Å². The number of benzene rings is 1. The molecule has 1 N–H and O–H groups in total. The van der Waals surface area contributed by atoms with Gasteiger partial charge in [-0.3, -0.25) is 0 Å². The average molecular weight is 259 g/mol. The molecule has 60 valence electrons. The zero-order chi connectivity index (χ0) is 8.43. The molecule has 0 unspecified atom stereocenters. The molecule has 0 saturated carbocycles. The van der Waals surface area contributed by atoms with E-state index < -0.39 is 5.97 Å². The maximum Gasteiger partial charge on any atom is 1.00 e. The summed E-state index contributed by atoms with van der Waals surface area (Å²) >= 11 is 8.67. The van der Waals surface area contributed by atoms with Crippen molar-refractivity contribution in [1.29, 1.82) is 0 Å². The maximum absolute atomic E-state index is 10.5. The summed E-state index contributed by atoms with van der Waals surface area (Å²) in [6.07, 6.45) is 0. The molecule has 1 rings (SSSR count). The zero-order valence-electron chi connectivity index (χ0n) is 7.34. The molecule has 0 fully saturated rings. The van der Waals surface area contributed by atoms with Crippen molar-refractivity contribution in [2.45, 2.75) is 0 Å². The molecule has 2 nitrogen and oxygen atoms in total. The number of halogens is 2. The normalized spacial score (nSPS) is 8.83. The predicted octanol–water partition coefficient (Wildman–Crippen LogP) is -0.0828. The van der Waals surface area contributed by atoms with Crippen molar-refractivity contribution in [3.05, 3.63) is 33.3 Å². The Bertz CT molecular complexity index is 309. The molecule has 12 heavy (non-hydrogen) atoms. The van der Waals surface area contributed by atoms with Crippen LogP contribution in [0.5, 0.6) is 0 Å². The van der Waals surface area contributed by atoms with E-state index in [1.165, 1.54) is 6.07 Å². The fourth-order valence-corrected chi connectivity index (χ4v) is 1.25. The van der Waals surface area contributed by atoms with Crippen LogP contribution >= 0.6 is 27.5 Å². The van der Waals surface area contributed by atoms with Crippen LogP contribution in [0.3, 0.4) is 0 Å². The van der Waals surface area contributed by atoms with E-state index in [0.717, 1.165) is 0 Å². The van der Waals surface area contributed by atoms with Gasteiger partial charge in [-0.1, -0.05) is 11.6 Å². The van der Waals surface area contributed by atoms with Crippen molar-refractivity contribution < 1.29 is 40.9 Å². The maximum atomic E-state index is 10.5. The van der Waals surface area contributed by atoms with Gasteiger partial charge >= 0.3 is 35.5 Å². The summed E-state index contributed by atoms with van der Waals surface area (Å²) in [5, 5.41) is 9.02. The molecule has 0 aliphatic carbocycles. The van der Waals surface area contributed by atoms with Crippen molar-refractivity contribution in [2.75, 3.05) is 0 Å². The summed E-state index contributed by atoms with van der Waals surface area (Å²) in [7, 11) is 0. The summed E-state index contributed by atoms with van der Waals surface area (Å²) in [6, 6.07) is 4.62. The molecule has 0 aliphatic heterocycles. The summed E-state index contributed by atoms with van der Waals surface area (Å²) < 4.78 is 0.536. The Morgan fingerprint density at radius 3 is 2.58 bits per heavy atom. The number of hydrogen-bond acceptors (Lipinski definition) is 1. The van der Waals surface area contributed by atoms with Crippen LogP contribution in [0.15, 0.2) is 22.7 Å². The first-order valence-corrected chi connectivity index (χ1v) is 3.96. The number of hydrogen-bond donors (Lipinski definition) is 1. The van der Waals surface area contributed by atoms with Gasteiger partial charge in [0.25, 0.3) is 0 Å². The van der Waals surface area contributed by atoms with Gasteiger partial charge in [-0.25, -0.2) is 4.79 Å². The molecule has 0 bridgehead atoms. The van der Waals surface area contributed by atoms with Crippen LogP contribution in [0, 0.1) is 0 Å². The molecule has 0 amide bonds. The summed E-state index contributed by atoms with van der Waals surface area (Å²) in [5.41, 5.74) is 0.178. The van der Waals surface area contributed by atoms with Crippen molar-refractivity contribution >= 4 is 33.5 Å². The van der Waals surface area contributed by atoms with Crippen LogP contribution in [0.25, 0.3) is 0 Å². The van der Waals surface area contributed by atoms with Gasteiger partial charge in [0.2, 0.25) is 0 Å². The molecule has 0 aliphatic rings. The summed E-state index contributed by atoms with van der Waals surface area (Å²) in [5.74, 6) is -0.987. The van der Waals surface area contributed by atoms with Crippen LogP contribution in [-0.2, 0) is 0 Å². The number of carboxylic acids is 1. The first kappa shape index (κ1) is 12.5. The number of carboxylic acid groups (broad SMARTS) is 1. The SMILES string of the molecule is O=C(O)c1cc(Cl)ccc1Br.[H-].[Na+]. The van der Waals surface area contributed by atoms with Crippen LogP contribution in [0.1, 0.15) is 11.8 Å². The van der Waals surface area contributed by atoms with Crippen LogP contribution in [-0.4, -0.2) is 11.1 Å². The minimum Gasteiger partial charge on any atom is -1.00 e. The zero-order valence-corrected chi connectivity index (χ0v) is 10.7. The van der Waals surface area contributed by atoms with Crippen molar-refractivity contribution in [3.8, 4) is 0 Å². The van der Waals surface area contributed by atoms with Crippen molar-refractivity contribution in [1.82, 2.24) is 0 Å². The third kappa shape index (κ3) is 3.07. The average Bonchev–Trinajstić information content (AvgIpc) is 1.94. The van der Waals surface area contributed by atoms with Gasteiger partial charge < -0.3 is 6.53 Å². The molecule has 1 aromatic rings. The van der Waals surface area contributed by atoms with Gasteiger partial charge in [-0.05, 0) is 34.1 Å². The van der Waals surface area contributed by atoms with Crippen LogP contribution in [0.4, 0.5) is 0 Å². The molecule has 0 heterocycles. The fraction of sp³-hybridized carbons (Fsp3) is 0. The second-order valence-corrected chi connectivity index (χ2v) is 3.22. The van der Waals surface area contributed by atoms with E-state index in [9.17, 15) is 4.79 Å². The minimum atomic E-state index is -0.987. The third-order valence-electron chi connectivity index (χ3n) is 1.16. The molecule has 0 radical (unpaired) electrons. The van der Waals surface area contributed by atoms with Gasteiger partial charge in [-0.15, -0.1) is 0 Å². The molecular formula is C7H5BrClNaO2. The number of rotatable bonds is 1. The fourth-order valence-electron chi connectivity index (χ4n) is 0.661. The number of aromatic carboxylic acids is 1. The van der Waals surface area contributed by atoms with E-state index in [1.54, 1.807) is 12.1 Å². The van der Waals surface area contributed by atoms with Gasteiger partial charge in [-0.2, -0.15) is 0 Å². The molecule has 0 saturated heterocycles. The Morgan fingerprint density at radius 2 is 2.17 bits per heavy atom. The summed E-state index contributed by atoms with van der Waals surface area (Å²) in [6.45, 7) is 0. The van der Waals surface area contributed by atoms with E-state index in [1.807, 2.05) is 0 Å². The minimum absolute atomic E-state index is 0. The van der Waals surface area contributed by atoms with E-state index >= 15 is 0 Å². The van der Waals surface area contributed by atoms with Gasteiger partial charge in [0, 0.05) is 9.50 Å². The third-order valence-corrected chi connectivity index (χ3v) is 2.09. The molecule has 1 aromatic carbocycles. The topological polar surface area (TPSA) is 37.3 Å². The smallest absolute Gasteiger partial charge is 1.00 e. The van der Waals surface area contributed by atoms with E-state index in [0.29, 0.717) is 9.50 Å². The van der Waals surface area contributed by atoms with E-state index in [4.69, 9.17) is 16.7 Å². The second kappa shape index (κ2) is 5.25. The Hall–Kier alpha value is 0.460. The van der Waals surface area contributed by atoms with E-state index in [-0.39, 0.29) is 36.5 Å². The second-order valence-electron chi connectivity index (χ2n) is 1.93. The van der Waals surface area contributed by atoms with Crippen LogP contribution in [0.2, 0.25) is 5.02 Å². The molecule has 5 heteroatoms. The first-order chi connectivity index (χ1) is 5.11. The quantitative estimate of drug-likeness (QED) is 0.716. The molecular weight excluding hydrogens is 254 g/mol. The Balaban J connectivity index is 0. The largest absolute Gasteiger partial charge is 1.00 e. The molecule has 0 aromatic heterocycles. The summed E-state index contributed by atoms with van der Waals surface area (Å²) in [4.78, 5) is 10.5. The van der Waals surface area contributed by atoms with E-state index in [2.05, 4.69) is 15.9 Å². The van der Waals surface area contributed by atoms with Gasteiger partial charge in [0.15, 0.2) is 0 Å². The van der Waals surface area contributed by atoms with Crippen molar-refractivity contribution in [3.63, 3.8) is 0 Å². The monoisotopic (exact) mass is 258 g/mol. The standard InChI is InChI=1S/C7H4BrClO2.Na.H/c8-6-2-1-4(9)3-5(6)7(10)11;;/h1-3H,(H,10,11);;/q;+1;-1. The van der Waals surface area contributed by atoms with Crippen molar-refractivity contribution in [2.24, 2.45) is 0 Å². The molecule has 0 spiro atoms. The van der Waals surface area contributed by atoms with Gasteiger partial charge in [0.1, 0.15) is 0 Å².